The van der Waals surface area contributed by atoms with Gasteiger partial charge in [-0.1, -0.05) is 157 Å². The Morgan fingerprint density at radius 2 is 0.981 bits per heavy atom. The second-order valence-electron chi connectivity index (χ2n) is 14.1. The summed E-state index contributed by atoms with van der Waals surface area (Å²) in [5.41, 5.74) is 18.4. The van der Waals surface area contributed by atoms with Crippen LogP contribution < -0.4 is 4.90 Å². The van der Waals surface area contributed by atoms with Crippen LogP contribution in [-0.2, 0) is 5.41 Å². The van der Waals surface area contributed by atoms with E-state index in [1.165, 1.54) is 61.2 Å². The number of para-hydroxylation sites is 2. The van der Waals surface area contributed by atoms with Gasteiger partial charge in [0.2, 0.25) is 0 Å². The number of furan rings is 1. The fourth-order valence-electron chi connectivity index (χ4n) is 9.21. The molecule has 244 valence electrons. The van der Waals surface area contributed by atoms with Crippen molar-refractivity contribution >= 4 is 39.0 Å². The molecule has 52 heavy (non-hydrogen) atoms. The van der Waals surface area contributed by atoms with Gasteiger partial charge >= 0.3 is 0 Å². The molecule has 2 nitrogen and oxygen atoms in total. The number of fused-ring (bicyclic) bond motifs is 12. The maximum Gasteiger partial charge on any atom is 0.159 e. The minimum atomic E-state index is -0.542. The van der Waals surface area contributed by atoms with E-state index in [2.05, 4.69) is 188 Å². The van der Waals surface area contributed by atoms with Crippen LogP contribution in [0, 0.1) is 6.92 Å². The van der Waals surface area contributed by atoms with Crippen molar-refractivity contribution in [3.63, 3.8) is 0 Å². The van der Waals surface area contributed by atoms with Gasteiger partial charge in [0.1, 0.15) is 5.58 Å². The first kappa shape index (κ1) is 29.1. The SMILES string of the molecule is Cc1ccc2c(c1)C1(c3ccccc3-c3ccccc31)c1cc(-c3ccccc3-c3ccccc3)ccc1N2c1cccc2c1oc1ccccc12. The van der Waals surface area contributed by atoms with Crippen molar-refractivity contribution in [1.29, 1.82) is 0 Å². The monoisotopic (exact) mass is 663 g/mol. The van der Waals surface area contributed by atoms with E-state index < -0.39 is 5.41 Å². The smallest absolute Gasteiger partial charge is 0.159 e. The molecule has 0 bridgehead atoms. The van der Waals surface area contributed by atoms with Gasteiger partial charge in [0.05, 0.1) is 22.5 Å². The molecule has 0 unspecified atom stereocenters. The lowest BCUT2D eigenvalue weighted by atomic mass is 9.64. The molecule has 2 heteroatoms. The Morgan fingerprint density at radius 1 is 0.404 bits per heavy atom. The Balaban J connectivity index is 1.28. The Labute approximate surface area is 302 Å². The van der Waals surface area contributed by atoms with Crippen molar-refractivity contribution in [2.45, 2.75) is 12.3 Å². The molecule has 8 aromatic carbocycles. The summed E-state index contributed by atoms with van der Waals surface area (Å²) in [6.07, 6.45) is 0. The molecule has 0 amide bonds. The molecule has 2 aliphatic rings. The summed E-state index contributed by atoms with van der Waals surface area (Å²) in [5, 5.41) is 2.25. The highest BCUT2D eigenvalue weighted by Gasteiger charge is 2.52. The number of anilines is 3. The summed E-state index contributed by atoms with van der Waals surface area (Å²) in [7, 11) is 0. The fourth-order valence-corrected chi connectivity index (χ4v) is 9.21. The summed E-state index contributed by atoms with van der Waals surface area (Å²) in [5.74, 6) is 0. The van der Waals surface area contributed by atoms with E-state index in [1.807, 2.05) is 6.07 Å². The molecule has 1 aliphatic carbocycles. The summed E-state index contributed by atoms with van der Waals surface area (Å²) in [4.78, 5) is 2.45. The molecule has 0 saturated heterocycles. The minimum absolute atomic E-state index is 0.542. The zero-order chi connectivity index (χ0) is 34.4. The third-order valence-corrected chi connectivity index (χ3v) is 11.3. The van der Waals surface area contributed by atoms with Crippen LogP contribution in [0.4, 0.5) is 17.1 Å². The third kappa shape index (κ3) is 3.89. The molecule has 1 spiro atoms. The number of hydrogen-bond acceptors (Lipinski definition) is 2. The van der Waals surface area contributed by atoms with E-state index in [-0.39, 0.29) is 0 Å². The Hall–Kier alpha value is -6.64. The molecule has 2 heterocycles. The van der Waals surface area contributed by atoms with Crippen LogP contribution in [0.5, 0.6) is 0 Å². The number of rotatable bonds is 3. The molecule has 0 saturated carbocycles. The van der Waals surface area contributed by atoms with Crippen molar-refractivity contribution in [2.75, 3.05) is 4.90 Å². The minimum Gasteiger partial charge on any atom is -0.454 e. The van der Waals surface area contributed by atoms with Crippen LogP contribution in [0.1, 0.15) is 27.8 Å². The van der Waals surface area contributed by atoms with Gasteiger partial charge < -0.3 is 9.32 Å². The Kier molecular flexibility index (Phi) is 6.12. The van der Waals surface area contributed by atoms with E-state index in [1.54, 1.807) is 0 Å². The summed E-state index contributed by atoms with van der Waals surface area (Å²) < 4.78 is 6.74. The number of benzene rings is 8. The maximum absolute atomic E-state index is 6.74. The number of hydrogen-bond donors (Lipinski definition) is 0. The van der Waals surface area contributed by atoms with Crippen LogP contribution >= 0.6 is 0 Å². The van der Waals surface area contributed by atoms with E-state index in [9.17, 15) is 0 Å². The predicted octanol–water partition coefficient (Wildman–Crippen LogP) is 13.4. The molecular formula is C50H33NO. The lowest BCUT2D eigenvalue weighted by molar-refractivity contribution is 0.668. The van der Waals surface area contributed by atoms with Gasteiger partial charge in [-0.3, -0.25) is 0 Å². The quantitative estimate of drug-likeness (QED) is 0.187. The first-order chi connectivity index (χ1) is 25.7. The summed E-state index contributed by atoms with van der Waals surface area (Å²) in [6.45, 7) is 2.22. The van der Waals surface area contributed by atoms with E-state index >= 15 is 0 Å². The van der Waals surface area contributed by atoms with Crippen LogP contribution in [0.15, 0.2) is 186 Å². The topological polar surface area (TPSA) is 16.4 Å². The molecule has 9 aromatic rings. The zero-order valence-electron chi connectivity index (χ0n) is 28.7. The third-order valence-electron chi connectivity index (χ3n) is 11.3. The van der Waals surface area contributed by atoms with Gasteiger partial charge in [0.15, 0.2) is 5.58 Å². The fraction of sp³-hybridized carbons (Fsp3) is 0.0400. The van der Waals surface area contributed by atoms with Gasteiger partial charge in [-0.25, -0.2) is 0 Å². The van der Waals surface area contributed by atoms with Crippen LogP contribution in [0.25, 0.3) is 55.3 Å². The molecule has 0 N–H and O–H groups in total. The molecule has 1 aliphatic heterocycles. The first-order valence-corrected chi connectivity index (χ1v) is 18.0. The highest BCUT2D eigenvalue weighted by Crippen LogP contribution is 2.64. The maximum atomic E-state index is 6.74. The standard InChI is InChI=1S/C50H33NO/c1-32-26-28-45-43(30-32)50(41-22-10-7-18-37(41)38-19-8-11-23-42(38)50)44-31-34(36-17-6-5-16-35(36)33-14-3-2-4-15-33)27-29-46(44)51(45)47-24-13-21-40-39-20-9-12-25-48(39)52-49(40)47/h2-31H,1H3. The van der Waals surface area contributed by atoms with Gasteiger partial charge in [0.25, 0.3) is 0 Å². The second kappa shape index (κ2) is 10.9. The summed E-state index contributed by atoms with van der Waals surface area (Å²) >= 11 is 0. The van der Waals surface area contributed by atoms with Gasteiger partial charge in [-0.2, -0.15) is 0 Å². The molecule has 0 atom stereocenters. The molecule has 0 radical (unpaired) electrons. The van der Waals surface area contributed by atoms with Crippen molar-refractivity contribution in [1.82, 2.24) is 0 Å². The lowest BCUT2D eigenvalue weighted by Gasteiger charge is -2.45. The van der Waals surface area contributed by atoms with Crippen LogP contribution in [0.2, 0.25) is 0 Å². The van der Waals surface area contributed by atoms with Crippen LogP contribution in [-0.4, -0.2) is 0 Å². The van der Waals surface area contributed by atoms with Crippen molar-refractivity contribution in [3.8, 4) is 33.4 Å². The normalized spacial score (nSPS) is 13.6. The van der Waals surface area contributed by atoms with E-state index in [0.29, 0.717) is 0 Å². The molecule has 11 rings (SSSR count). The van der Waals surface area contributed by atoms with Crippen molar-refractivity contribution < 1.29 is 4.42 Å². The zero-order valence-corrected chi connectivity index (χ0v) is 28.7. The largest absolute Gasteiger partial charge is 0.454 e. The molecular weight excluding hydrogens is 631 g/mol. The average Bonchev–Trinajstić information content (AvgIpc) is 3.73. The van der Waals surface area contributed by atoms with Crippen molar-refractivity contribution in [2.24, 2.45) is 0 Å². The van der Waals surface area contributed by atoms with Gasteiger partial charge in [0, 0.05) is 10.8 Å². The lowest BCUT2D eigenvalue weighted by Crippen LogP contribution is -2.36. The average molecular weight is 664 g/mol. The molecule has 0 fully saturated rings. The number of aryl methyl sites for hydroxylation is 1. The molecule has 1 aromatic heterocycles. The predicted molar refractivity (Wildman–Crippen MR) is 215 cm³/mol. The van der Waals surface area contributed by atoms with Crippen LogP contribution in [0.3, 0.4) is 0 Å². The summed E-state index contributed by atoms with van der Waals surface area (Å²) in [6, 6.07) is 66.7. The highest BCUT2D eigenvalue weighted by atomic mass is 16.3. The highest BCUT2D eigenvalue weighted by molar-refractivity contribution is 6.11. The van der Waals surface area contributed by atoms with Gasteiger partial charge in [-0.15, -0.1) is 0 Å². The van der Waals surface area contributed by atoms with Gasteiger partial charge in [-0.05, 0) is 92.9 Å². The first-order valence-electron chi connectivity index (χ1n) is 18.0. The van der Waals surface area contributed by atoms with E-state index in [0.717, 1.165) is 39.0 Å². The Morgan fingerprint density at radius 3 is 1.73 bits per heavy atom. The van der Waals surface area contributed by atoms with E-state index in [4.69, 9.17) is 4.42 Å². The Bertz CT molecular complexity index is 2830. The number of nitrogens with zero attached hydrogens (tertiary/aromatic N) is 1. The second-order valence-corrected chi connectivity index (χ2v) is 14.1. The van der Waals surface area contributed by atoms with Crippen molar-refractivity contribution in [3.05, 3.63) is 210 Å².